The van der Waals surface area contributed by atoms with E-state index in [-0.39, 0.29) is 15.5 Å². The largest absolute Gasteiger partial charge is 0.338 e. The summed E-state index contributed by atoms with van der Waals surface area (Å²) < 4.78 is 40.3. The molecule has 0 radical (unpaired) electrons. The first-order valence-corrected chi connectivity index (χ1v) is 11.6. The molecule has 0 aliphatic carbocycles. The third kappa shape index (κ3) is 3.20. The summed E-state index contributed by atoms with van der Waals surface area (Å²) in [6, 6.07) is 11.0. The molecule has 2 aromatic carbocycles. The Bertz CT molecular complexity index is 1080. The van der Waals surface area contributed by atoms with E-state index in [1.165, 1.54) is 18.3 Å². The minimum Gasteiger partial charge on any atom is -0.338 e. The summed E-state index contributed by atoms with van der Waals surface area (Å²) in [7, 11) is -4.04. The predicted molar refractivity (Wildman–Crippen MR) is 108 cm³/mol. The Labute approximate surface area is 167 Å². The normalized spacial score (nSPS) is 18.0. The van der Waals surface area contributed by atoms with E-state index < -0.39 is 21.6 Å². The van der Waals surface area contributed by atoms with Crippen LogP contribution in [-0.2, 0) is 14.6 Å². The van der Waals surface area contributed by atoms with Crippen LogP contribution in [0.2, 0.25) is 0 Å². The van der Waals surface area contributed by atoms with Crippen molar-refractivity contribution in [2.75, 3.05) is 24.2 Å². The number of thioether (sulfide) groups is 1. The van der Waals surface area contributed by atoms with Crippen LogP contribution in [0.15, 0.2) is 63.4 Å². The van der Waals surface area contributed by atoms with Gasteiger partial charge in [-0.3, -0.25) is 4.79 Å². The SMILES string of the molecule is CSc1cccc(N2C=C(C(=O)N3CCCC3)S(=O)(=O)c3ccc(F)cc32)c1. The van der Waals surface area contributed by atoms with E-state index in [0.717, 1.165) is 23.8 Å². The van der Waals surface area contributed by atoms with Gasteiger partial charge in [-0.2, -0.15) is 0 Å². The minimum atomic E-state index is -4.04. The molecule has 0 saturated carbocycles. The summed E-state index contributed by atoms with van der Waals surface area (Å²) in [5, 5.41) is 0. The van der Waals surface area contributed by atoms with E-state index in [4.69, 9.17) is 0 Å². The number of hydrogen-bond acceptors (Lipinski definition) is 5. The maximum atomic E-state index is 14.0. The van der Waals surface area contributed by atoms with Gasteiger partial charge in [0.15, 0.2) is 4.91 Å². The van der Waals surface area contributed by atoms with Gasteiger partial charge in [-0.05, 0) is 55.5 Å². The van der Waals surface area contributed by atoms with Crippen molar-refractivity contribution in [3.63, 3.8) is 0 Å². The summed E-state index contributed by atoms with van der Waals surface area (Å²) in [4.78, 5) is 16.8. The molecule has 2 aromatic rings. The van der Waals surface area contributed by atoms with Gasteiger partial charge in [-0.25, -0.2) is 12.8 Å². The molecule has 2 heterocycles. The molecule has 0 spiro atoms. The Hall–Kier alpha value is -2.32. The molecule has 2 aliphatic heterocycles. The first-order chi connectivity index (χ1) is 13.4. The van der Waals surface area contributed by atoms with Crippen molar-refractivity contribution >= 4 is 38.9 Å². The Kier molecular flexibility index (Phi) is 4.93. The number of fused-ring (bicyclic) bond motifs is 1. The van der Waals surface area contributed by atoms with Crippen LogP contribution in [0.5, 0.6) is 0 Å². The Morgan fingerprint density at radius 3 is 2.57 bits per heavy atom. The van der Waals surface area contributed by atoms with Crippen LogP contribution in [0.25, 0.3) is 0 Å². The monoisotopic (exact) mass is 418 g/mol. The number of sulfone groups is 1. The number of amides is 1. The first-order valence-electron chi connectivity index (χ1n) is 8.91. The number of carbonyl (C=O) groups excluding carboxylic acids is 1. The third-order valence-electron chi connectivity index (χ3n) is 4.94. The van der Waals surface area contributed by atoms with Gasteiger partial charge in [-0.15, -0.1) is 11.8 Å². The van der Waals surface area contributed by atoms with Gasteiger partial charge in [0.25, 0.3) is 5.91 Å². The summed E-state index contributed by atoms with van der Waals surface area (Å²) in [5.41, 5.74) is 0.872. The summed E-state index contributed by atoms with van der Waals surface area (Å²) in [6.07, 6.45) is 4.99. The van der Waals surface area contributed by atoms with Gasteiger partial charge >= 0.3 is 0 Å². The first kappa shape index (κ1) is 19.0. The molecule has 4 rings (SSSR count). The number of nitrogens with zero attached hydrogens (tertiary/aromatic N) is 2. The number of carbonyl (C=O) groups is 1. The lowest BCUT2D eigenvalue weighted by molar-refractivity contribution is -0.125. The zero-order valence-electron chi connectivity index (χ0n) is 15.3. The lowest BCUT2D eigenvalue weighted by Gasteiger charge is -2.30. The fourth-order valence-electron chi connectivity index (χ4n) is 3.50. The molecule has 1 saturated heterocycles. The Morgan fingerprint density at radius 1 is 1.11 bits per heavy atom. The standard InChI is InChI=1S/C20H19FN2O3S2/c1-27-16-6-4-5-15(12-16)23-13-19(20(24)22-9-2-3-10-22)28(25,26)18-8-7-14(21)11-17(18)23/h4-8,11-13H,2-3,9-10H2,1H3. The lowest BCUT2D eigenvalue weighted by Crippen LogP contribution is -2.35. The van der Waals surface area contributed by atoms with E-state index in [2.05, 4.69) is 0 Å². The highest BCUT2D eigenvalue weighted by molar-refractivity contribution is 7.98. The average molecular weight is 419 g/mol. The number of benzene rings is 2. The summed E-state index contributed by atoms with van der Waals surface area (Å²) in [6.45, 7) is 1.09. The molecule has 28 heavy (non-hydrogen) atoms. The van der Waals surface area contributed by atoms with E-state index in [1.54, 1.807) is 27.6 Å². The molecule has 0 bridgehead atoms. The Balaban J connectivity index is 1.90. The van der Waals surface area contributed by atoms with Gasteiger partial charge < -0.3 is 9.80 Å². The minimum absolute atomic E-state index is 0.0616. The van der Waals surface area contributed by atoms with Crippen molar-refractivity contribution in [3.8, 4) is 0 Å². The van der Waals surface area contributed by atoms with E-state index in [1.807, 2.05) is 24.5 Å². The third-order valence-corrected chi connectivity index (χ3v) is 7.45. The molecule has 0 aromatic heterocycles. The molecule has 2 aliphatic rings. The van der Waals surface area contributed by atoms with Crippen LogP contribution in [-0.4, -0.2) is 38.6 Å². The maximum absolute atomic E-state index is 14.0. The van der Waals surface area contributed by atoms with Crippen LogP contribution < -0.4 is 4.90 Å². The van der Waals surface area contributed by atoms with Crippen LogP contribution in [0.3, 0.4) is 0 Å². The lowest BCUT2D eigenvalue weighted by atomic mass is 10.2. The predicted octanol–water partition coefficient (Wildman–Crippen LogP) is 3.94. The fraction of sp³-hybridized carbons (Fsp3) is 0.250. The molecular formula is C20H19FN2O3S2. The van der Waals surface area contributed by atoms with Gasteiger partial charge in [0, 0.05) is 29.9 Å². The number of likely N-dealkylation sites (tertiary alicyclic amines) is 1. The number of anilines is 2. The maximum Gasteiger partial charge on any atom is 0.267 e. The summed E-state index contributed by atoms with van der Waals surface area (Å²) >= 11 is 1.54. The van der Waals surface area contributed by atoms with Gasteiger partial charge in [0.2, 0.25) is 9.84 Å². The van der Waals surface area contributed by atoms with Crippen molar-refractivity contribution in [3.05, 3.63) is 59.4 Å². The van der Waals surface area contributed by atoms with E-state index in [9.17, 15) is 17.6 Å². The highest BCUT2D eigenvalue weighted by atomic mass is 32.2. The Morgan fingerprint density at radius 2 is 1.86 bits per heavy atom. The van der Waals surface area contributed by atoms with Gasteiger partial charge in [0.1, 0.15) is 5.82 Å². The molecule has 0 N–H and O–H groups in total. The van der Waals surface area contributed by atoms with Crippen molar-refractivity contribution < 1.29 is 17.6 Å². The zero-order valence-corrected chi connectivity index (χ0v) is 16.9. The molecular weight excluding hydrogens is 399 g/mol. The van der Waals surface area contributed by atoms with Crippen LogP contribution >= 0.6 is 11.8 Å². The number of halogens is 1. The molecule has 5 nitrogen and oxygen atoms in total. The number of rotatable bonds is 3. The fourth-order valence-corrected chi connectivity index (χ4v) is 5.47. The average Bonchev–Trinajstić information content (AvgIpc) is 3.22. The quantitative estimate of drug-likeness (QED) is 0.558. The van der Waals surface area contributed by atoms with Gasteiger partial charge in [0.05, 0.1) is 10.6 Å². The molecule has 146 valence electrons. The molecule has 8 heteroatoms. The van der Waals surface area contributed by atoms with Crippen molar-refractivity contribution in [2.24, 2.45) is 0 Å². The highest BCUT2D eigenvalue weighted by Crippen LogP contribution is 2.41. The summed E-state index contributed by atoms with van der Waals surface area (Å²) in [5.74, 6) is -1.04. The smallest absolute Gasteiger partial charge is 0.267 e. The highest BCUT2D eigenvalue weighted by Gasteiger charge is 2.38. The second kappa shape index (κ2) is 7.25. The van der Waals surface area contributed by atoms with Crippen LogP contribution in [0, 0.1) is 5.82 Å². The van der Waals surface area contributed by atoms with E-state index >= 15 is 0 Å². The second-order valence-electron chi connectivity index (χ2n) is 6.68. The molecule has 0 unspecified atom stereocenters. The number of hydrogen-bond donors (Lipinski definition) is 0. The van der Waals surface area contributed by atoms with Gasteiger partial charge in [-0.1, -0.05) is 6.07 Å². The molecule has 0 atom stereocenters. The molecule has 1 fully saturated rings. The molecule has 1 amide bonds. The second-order valence-corrected chi connectivity index (χ2v) is 9.45. The van der Waals surface area contributed by atoms with Crippen LogP contribution in [0.4, 0.5) is 15.8 Å². The van der Waals surface area contributed by atoms with Crippen molar-refractivity contribution in [2.45, 2.75) is 22.6 Å². The van der Waals surface area contributed by atoms with Crippen molar-refractivity contribution in [1.29, 1.82) is 0 Å². The van der Waals surface area contributed by atoms with E-state index in [0.29, 0.717) is 18.8 Å². The van der Waals surface area contributed by atoms with Crippen LogP contribution in [0.1, 0.15) is 12.8 Å². The van der Waals surface area contributed by atoms with Crippen molar-refractivity contribution in [1.82, 2.24) is 4.90 Å². The zero-order chi connectivity index (χ0) is 19.9. The topological polar surface area (TPSA) is 57.7 Å².